The Morgan fingerprint density at radius 3 is 2.57 bits per heavy atom. The zero-order valence-corrected chi connectivity index (χ0v) is 19.5. The van der Waals surface area contributed by atoms with Crippen LogP contribution in [0.5, 0.6) is 5.75 Å². The molecule has 2 saturated heterocycles. The number of ether oxygens (including phenoxy) is 1. The molecule has 1 N–H and O–H groups in total. The number of fused-ring (bicyclic) bond motifs is 1. The minimum Gasteiger partial charge on any atom is -0.486 e. The predicted molar refractivity (Wildman–Crippen MR) is 121 cm³/mol. The van der Waals surface area contributed by atoms with Gasteiger partial charge >= 0.3 is 0 Å². The quantitative estimate of drug-likeness (QED) is 0.662. The lowest BCUT2D eigenvalue weighted by molar-refractivity contribution is -0.151. The molecule has 9 nitrogen and oxygen atoms in total. The van der Waals surface area contributed by atoms with E-state index in [4.69, 9.17) is 14.1 Å². The second kappa shape index (κ2) is 9.10. The number of carbonyl (C=O) groups excluding carboxylic acids is 1. The second-order valence-electron chi connectivity index (χ2n) is 9.54. The lowest BCUT2D eigenvalue weighted by Gasteiger charge is -2.46. The van der Waals surface area contributed by atoms with Gasteiger partial charge in [-0.15, -0.1) is 0 Å². The summed E-state index contributed by atoms with van der Waals surface area (Å²) in [5.74, 6) is 0.150. The Morgan fingerprint density at radius 2 is 1.91 bits per heavy atom. The lowest BCUT2D eigenvalue weighted by atomic mass is 9.81. The van der Waals surface area contributed by atoms with E-state index in [1.54, 1.807) is 11.0 Å². The van der Waals surface area contributed by atoms with Gasteiger partial charge < -0.3 is 19.0 Å². The Bertz CT molecular complexity index is 1180. The standard InChI is InChI=1S/C24H28F2N4O5/c1-33-27-19-14-23(34-20-3-2-16(25)12-18(19)20)4-10-30(11-5-23)22(32)24(26)6-8-29(9-7-24)15-17-13-21(31)28-35-17/h2-3,12-13H,4-11,14-15H2,1H3,(H,28,31)/b27-19+. The van der Waals surface area contributed by atoms with Crippen LogP contribution in [-0.2, 0) is 16.2 Å². The molecule has 188 valence electrons. The molecule has 0 saturated carbocycles. The van der Waals surface area contributed by atoms with Gasteiger partial charge in [-0.1, -0.05) is 5.16 Å². The number of halogens is 2. The van der Waals surface area contributed by atoms with Crippen LogP contribution in [0.3, 0.4) is 0 Å². The number of aromatic nitrogens is 1. The van der Waals surface area contributed by atoms with Crippen LogP contribution in [0.4, 0.5) is 8.78 Å². The number of nitrogens with zero attached hydrogens (tertiary/aromatic N) is 3. The maximum atomic E-state index is 15.7. The summed E-state index contributed by atoms with van der Waals surface area (Å²) in [6.45, 7) is 1.90. The molecule has 4 heterocycles. The Labute approximate surface area is 200 Å². The van der Waals surface area contributed by atoms with Crippen molar-refractivity contribution in [1.29, 1.82) is 0 Å². The van der Waals surface area contributed by atoms with Crippen molar-refractivity contribution in [2.45, 2.75) is 49.9 Å². The van der Waals surface area contributed by atoms with Crippen LogP contribution in [0.25, 0.3) is 0 Å². The Balaban J connectivity index is 1.21. The predicted octanol–water partition coefficient (Wildman–Crippen LogP) is 2.61. The summed E-state index contributed by atoms with van der Waals surface area (Å²) in [4.78, 5) is 32.9. The van der Waals surface area contributed by atoms with E-state index in [1.807, 2.05) is 4.90 Å². The number of rotatable bonds is 4. The normalized spacial score (nSPS) is 22.6. The average molecular weight is 491 g/mol. The number of hydrogen-bond acceptors (Lipinski definition) is 7. The van der Waals surface area contributed by atoms with Crippen molar-refractivity contribution in [2.24, 2.45) is 5.16 Å². The number of alkyl halides is 1. The maximum absolute atomic E-state index is 15.7. The zero-order valence-electron chi connectivity index (χ0n) is 19.5. The van der Waals surface area contributed by atoms with Crippen molar-refractivity contribution in [3.8, 4) is 5.75 Å². The number of H-pyrrole nitrogens is 1. The van der Waals surface area contributed by atoms with Gasteiger partial charge in [0.2, 0.25) is 0 Å². The van der Waals surface area contributed by atoms with Gasteiger partial charge in [0.1, 0.15) is 24.3 Å². The van der Waals surface area contributed by atoms with Gasteiger partial charge in [0.25, 0.3) is 11.5 Å². The van der Waals surface area contributed by atoms with E-state index in [9.17, 15) is 14.0 Å². The third kappa shape index (κ3) is 4.69. The van der Waals surface area contributed by atoms with Crippen LogP contribution < -0.4 is 10.3 Å². The van der Waals surface area contributed by atoms with E-state index >= 15 is 4.39 Å². The first-order chi connectivity index (χ1) is 16.8. The van der Waals surface area contributed by atoms with Gasteiger partial charge in [-0.05, 0) is 18.2 Å². The number of hydrogen-bond donors (Lipinski definition) is 1. The first-order valence-corrected chi connectivity index (χ1v) is 11.8. The van der Waals surface area contributed by atoms with Crippen LogP contribution in [-0.4, -0.2) is 71.1 Å². The third-order valence-electron chi connectivity index (χ3n) is 7.22. The van der Waals surface area contributed by atoms with Gasteiger partial charge in [-0.25, -0.2) is 8.78 Å². The molecular formula is C24H28F2N4O5. The van der Waals surface area contributed by atoms with Crippen molar-refractivity contribution in [3.63, 3.8) is 0 Å². The SMILES string of the molecule is CO/N=C1\CC2(CCN(C(=O)C3(F)CCN(Cc4cc(=O)[nH]o4)CC3)CC2)Oc2ccc(F)cc21. The summed E-state index contributed by atoms with van der Waals surface area (Å²) in [7, 11) is 1.44. The highest BCUT2D eigenvalue weighted by Crippen LogP contribution is 2.41. The minimum atomic E-state index is -1.92. The number of nitrogens with one attached hydrogen (secondary N) is 1. The van der Waals surface area contributed by atoms with E-state index in [0.29, 0.717) is 74.8 Å². The van der Waals surface area contributed by atoms with Gasteiger partial charge in [0.05, 0.1) is 12.3 Å². The first-order valence-electron chi connectivity index (χ1n) is 11.8. The largest absolute Gasteiger partial charge is 0.486 e. The van der Waals surface area contributed by atoms with Crippen LogP contribution >= 0.6 is 0 Å². The molecule has 3 aliphatic heterocycles. The maximum Gasteiger partial charge on any atom is 0.280 e. The number of piperidine rings is 2. The molecule has 0 radical (unpaired) electrons. The Hall–Kier alpha value is -3.21. The molecule has 11 heteroatoms. The molecule has 5 rings (SSSR count). The van der Waals surface area contributed by atoms with Gasteiger partial charge in [0, 0.05) is 69.9 Å². The fourth-order valence-corrected chi connectivity index (χ4v) is 5.26. The average Bonchev–Trinajstić information content (AvgIpc) is 3.26. The van der Waals surface area contributed by atoms with Crippen molar-refractivity contribution in [3.05, 3.63) is 51.8 Å². The lowest BCUT2D eigenvalue weighted by Crippen LogP contribution is -2.57. The summed E-state index contributed by atoms with van der Waals surface area (Å²) in [5.41, 5.74) is -1.68. The third-order valence-corrected chi connectivity index (χ3v) is 7.22. The topological polar surface area (TPSA) is 100 Å². The Morgan fingerprint density at radius 1 is 1.17 bits per heavy atom. The summed E-state index contributed by atoms with van der Waals surface area (Å²) in [5, 5.41) is 6.34. The highest BCUT2D eigenvalue weighted by molar-refractivity contribution is 6.04. The summed E-state index contributed by atoms with van der Waals surface area (Å²) in [6, 6.07) is 5.67. The van der Waals surface area contributed by atoms with E-state index in [1.165, 1.54) is 25.3 Å². The molecule has 1 aromatic heterocycles. The monoisotopic (exact) mass is 490 g/mol. The molecule has 2 aromatic rings. The molecule has 1 amide bonds. The molecule has 3 aliphatic rings. The van der Waals surface area contributed by atoms with E-state index in [0.717, 1.165) is 0 Å². The number of carbonyl (C=O) groups is 1. The highest BCUT2D eigenvalue weighted by atomic mass is 19.1. The minimum absolute atomic E-state index is 0.0855. The molecule has 0 unspecified atom stereocenters. The molecule has 2 fully saturated rings. The number of amides is 1. The van der Waals surface area contributed by atoms with Crippen molar-refractivity contribution in [2.75, 3.05) is 33.3 Å². The number of likely N-dealkylation sites (tertiary alicyclic amines) is 2. The zero-order chi connectivity index (χ0) is 24.6. The van der Waals surface area contributed by atoms with E-state index in [2.05, 4.69) is 10.3 Å². The summed E-state index contributed by atoms with van der Waals surface area (Å²) in [6.07, 6.45) is 1.61. The molecule has 0 aliphatic carbocycles. The van der Waals surface area contributed by atoms with Gasteiger partial charge in [-0.3, -0.25) is 14.5 Å². The van der Waals surface area contributed by atoms with Crippen molar-refractivity contribution < 1.29 is 27.7 Å². The van der Waals surface area contributed by atoms with Gasteiger partial charge in [0.15, 0.2) is 11.4 Å². The fourth-order valence-electron chi connectivity index (χ4n) is 5.26. The molecule has 0 bridgehead atoms. The highest BCUT2D eigenvalue weighted by Gasteiger charge is 2.48. The fraction of sp³-hybridized carbons (Fsp3) is 0.542. The van der Waals surface area contributed by atoms with Crippen LogP contribution in [0.2, 0.25) is 0 Å². The molecular weight excluding hydrogens is 462 g/mol. The number of oxime groups is 1. The van der Waals surface area contributed by atoms with Crippen LogP contribution in [0, 0.1) is 5.82 Å². The first kappa shape index (κ1) is 23.5. The molecule has 1 spiro atoms. The van der Waals surface area contributed by atoms with Gasteiger partial charge in [-0.2, -0.15) is 5.16 Å². The molecule has 35 heavy (non-hydrogen) atoms. The van der Waals surface area contributed by atoms with E-state index in [-0.39, 0.29) is 24.2 Å². The van der Waals surface area contributed by atoms with E-state index < -0.39 is 17.2 Å². The smallest absolute Gasteiger partial charge is 0.280 e. The van der Waals surface area contributed by atoms with Crippen LogP contribution in [0.1, 0.15) is 43.4 Å². The number of aromatic amines is 1. The molecule has 1 aromatic carbocycles. The van der Waals surface area contributed by atoms with Crippen molar-refractivity contribution in [1.82, 2.24) is 15.0 Å². The van der Waals surface area contributed by atoms with Crippen molar-refractivity contribution >= 4 is 11.6 Å². The Kier molecular flexibility index (Phi) is 6.12. The number of benzene rings is 1. The van der Waals surface area contributed by atoms with Crippen LogP contribution in [0.15, 0.2) is 38.7 Å². The molecule has 0 atom stereocenters. The second-order valence-corrected chi connectivity index (χ2v) is 9.54. The summed E-state index contributed by atoms with van der Waals surface area (Å²) >= 11 is 0. The summed E-state index contributed by atoms with van der Waals surface area (Å²) < 4.78 is 40.8.